The summed E-state index contributed by atoms with van der Waals surface area (Å²) in [6.07, 6.45) is 0.750. The van der Waals surface area contributed by atoms with Gasteiger partial charge in [-0.05, 0) is 20.9 Å². The van der Waals surface area contributed by atoms with Crippen LogP contribution in [0.5, 0.6) is 0 Å². The summed E-state index contributed by atoms with van der Waals surface area (Å²) in [6.45, 7) is 6.55. The number of aromatic nitrogens is 2. The molecule has 0 unspecified atom stereocenters. The van der Waals surface area contributed by atoms with Crippen LogP contribution in [0.2, 0.25) is 0 Å². The minimum absolute atomic E-state index is 0.0955. The minimum atomic E-state index is -0.277. The van der Waals surface area contributed by atoms with E-state index >= 15 is 0 Å². The van der Waals surface area contributed by atoms with Crippen LogP contribution in [0.15, 0.2) is 4.42 Å². The van der Waals surface area contributed by atoms with Gasteiger partial charge in [0, 0.05) is 12.0 Å². The van der Waals surface area contributed by atoms with Crippen molar-refractivity contribution >= 4 is 0 Å². The third-order valence-electron chi connectivity index (χ3n) is 2.60. The van der Waals surface area contributed by atoms with Crippen molar-refractivity contribution < 1.29 is 9.52 Å². The standard InChI is InChI=1S/C10H19N3O2/c1-5-8-11-12-9(15-8)6-13(4)10(2,3)7-14/h14H,5-7H2,1-4H3. The third-order valence-corrected chi connectivity index (χ3v) is 2.60. The van der Waals surface area contributed by atoms with Crippen molar-refractivity contribution in [3.8, 4) is 0 Å². The van der Waals surface area contributed by atoms with Crippen molar-refractivity contribution in [1.82, 2.24) is 15.1 Å². The molecule has 0 fully saturated rings. The van der Waals surface area contributed by atoms with Gasteiger partial charge in [0.1, 0.15) is 0 Å². The van der Waals surface area contributed by atoms with Gasteiger partial charge in [-0.25, -0.2) is 0 Å². The SMILES string of the molecule is CCc1nnc(CN(C)C(C)(C)CO)o1. The molecular weight excluding hydrogens is 194 g/mol. The lowest BCUT2D eigenvalue weighted by Crippen LogP contribution is -2.43. The fraction of sp³-hybridized carbons (Fsp3) is 0.800. The van der Waals surface area contributed by atoms with Crippen LogP contribution in [-0.4, -0.2) is 39.4 Å². The summed E-state index contributed by atoms with van der Waals surface area (Å²) in [5.41, 5.74) is -0.277. The Morgan fingerprint density at radius 2 is 1.93 bits per heavy atom. The summed E-state index contributed by atoms with van der Waals surface area (Å²) in [7, 11) is 1.92. The first-order valence-corrected chi connectivity index (χ1v) is 5.13. The Bertz CT molecular complexity index is 309. The van der Waals surface area contributed by atoms with Crippen LogP contribution >= 0.6 is 0 Å². The quantitative estimate of drug-likeness (QED) is 0.785. The van der Waals surface area contributed by atoms with Crippen molar-refractivity contribution in [3.63, 3.8) is 0 Å². The molecule has 0 saturated carbocycles. The molecule has 0 aliphatic rings. The van der Waals surface area contributed by atoms with Crippen molar-refractivity contribution in [1.29, 1.82) is 0 Å². The fourth-order valence-corrected chi connectivity index (χ4v) is 1.03. The van der Waals surface area contributed by atoms with Crippen molar-refractivity contribution in [2.75, 3.05) is 13.7 Å². The molecule has 0 aliphatic heterocycles. The Hall–Kier alpha value is -0.940. The molecule has 1 N–H and O–H groups in total. The second-order valence-corrected chi connectivity index (χ2v) is 4.27. The summed E-state index contributed by atoms with van der Waals surface area (Å²) >= 11 is 0. The van der Waals surface area contributed by atoms with E-state index < -0.39 is 0 Å². The van der Waals surface area contributed by atoms with Crippen LogP contribution in [0.3, 0.4) is 0 Å². The van der Waals surface area contributed by atoms with Crippen molar-refractivity contribution in [2.45, 2.75) is 39.3 Å². The molecule has 0 amide bonds. The molecule has 0 spiro atoms. The summed E-state index contributed by atoms with van der Waals surface area (Å²) in [5.74, 6) is 1.25. The summed E-state index contributed by atoms with van der Waals surface area (Å²) < 4.78 is 5.40. The van der Waals surface area contributed by atoms with Gasteiger partial charge in [-0.1, -0.05) is 6.92 Å². The highest BCUT2D eigenvalue weighted by Crippen LogP contribution is 2.14. The van der Waals surface area contributed by atoms with E-state index in [1.165, 1.54) is 0 Å². The fourth-order valence-electron chi connectivity index (χ4n) is 1.03. The van der Waals surface area contributed by atoms with Gasteiger partial charge in [0.2, 0.25) is 11.8 Å². The molecule has 86 valence electrons. The molecule has 1 aromatic heterocycles. The first-order valence-electron chi connectivity index (χ1n) is 5.13. The number of aliphatic hydroxyl groups excluding tert-OH is 1. The predicted molar refractivity (Wildman–Crippen MR) is 56.3 cm³/mol. The molecule has 0 radical (unpaired) electrons. The van der Waals surface area contributed by atoms with E-state index in [0.29, 0.717) is 18.3 Å². The van der Waals surface area contributed by atoms with Gasteiger partial charge in [-0.15, -0.1) is 10.2 Å². The highest BCUT2D eigenvalue weighted by molar-refractivity contribution is 4.85. The van der Waals surface area contributed by atoms with Gasteiger partial charge < -0.3 is 9.52 Å². The van der Waals surface area contributed by atoms with E-state index in [2.05, 4.69) is 10.2 Å². The van der Waals surface area contributed by atoms with Gasteiger partial charge in [-0.3, -0.25) is 4.90 Å². The zero-order valence-electron chi connectivity index (χ0n) is 9.82. The van der Waals surface area contributed by atoms with Crippen molar-refractivity contribution in [3.05, 3.63) is 11.8 Å². The van der Waals surface area contributed by atoms with Crippen LogP contribution in [0.4, 0.5) is 0 Å². The molecule has 5 heteroatoms. The maximum Gasteiger partial charge on any atom is 0.230 e. The zero-order valence-corrected chi connectivity index (χ0v) is 9.82. The first-order chi connectivity index (χ1) is 6.99. The number of aryl methyl sites for hydroxylation is 1. The number of hydrogen-bond acceptors (Lipinski definition) is 5. The van der Waals surface area contributed by atoms with Crippen LogP contribution in [-0.2, 0) is 13.0 Å². The highest BCUT2D eigenvalue weighted by atomic mass is 16.4. The maximum absolute atomic E-state index is 9.19. The molecule has 0 atom stereocenters. The van der Waals surface area contributed by atoms with Crippen LogP contribution in [0.1, 0.15) is 32.6 Å². The van der Waals surface area contributed by atoms with Gasteiger partial charge in [0.05, 0.1) is 13.2 Å². The Morgan fingerprint density at radius 3 is 2.40 bits per heavy atom. The Morgan fingerprint density at radius 1 is 1.33 bits per heavy atom. The molecular formula is C10H19N3O2. The molecule has 0 aliphatic carbocycles. The lowest BCUT2D eigenvalue weighted by atomic mass is 10.1. The van der Waals surface area contributed by atoms with Gasteiger partial charge in [0.15, 0.2) is 0 Å². The number of aliphatic hydroxyl groups is 1. The van der Waals surface area contributed by atoms with E-state index in [0.717, 1.165) is 6.42 Å². The predicted octanol–water partition coefficient (Wildman–Crippen LogP) is 0.835. The first kappa shape index (κ1) is 12.1. The molecule has 1 heterocycles. The number of rotatable bonds is 5. The van der Waals surface area contributed by atoms with Crippen molar-refractivity contribution in [2.24, 2.45) is 0 Å². The smallest absolute Gasteiger partial charge is 0.230 e. The van der Waals surface area contributed by atoms with E-state index in [4.69, 9.17) is 4.42 Å². The molecule has 1 aromatic rings. The lowest BCUT2D eigenvalue weighted by molar-refractivity contribution is 0.0666. The second-order valence-electron chi connectivity index (χ2n) is 4.27. The maximum atomic E-state index is 9.19. The van der Waals surface area contributed by atoms with E-state index in [9.17, 15) is 5.11 Å². The van der Waals surface area contributed by atoms with Crippen LogP contribution in [0, 0.1) is 0 Å². The molecule has 5 nitrogen and oxygen atoms in total. The normalized spacial score (nSPS) is 12.4. The second kappa shape index (κ2) is 4.72. The van der Waals surface area contributed by atoms with E-state index in [1.807, 2.05) is 32.7 Å². The molecule has 1 rings (SSSR count). The summed E-state index contributed by atoms with van der Waals surface area (Å²) in [6, 6.07) is 0. The zero-order chi connectivity index (χ0) is 11.5. The Balaban J connectivity index is 2.61. The Kier molecular flexibility index (Phi) is 3.82. The van der Waals surface area contributed by atoms with Gasteiger partial charge >= 0.3 is 0 Å². The monoisotopic (exact) mass is 213 g/mol. The van der Waals surface area contributed by atoms with Crippen LogP contribution < -0.4 is 0 Å². The topological polar surface area (TPSA) is 62.4 Å². The number of nitrogens with zero attached hydrogens (tertiary/aromatic N) is 3. The lowest BCUT2D eigenvalue weighted by Gasteiger charge is -2.32. The summed E-state index contributed by atoms with van der Waals surface area (Å²) in [4.78, 5) is 1.99. The number of hydrogen-bond donors (Lipinski definition) is 1. The van der Waals surface area contributed by atoms with E-state index in [1.54, 1.807) is 0 Å². The van der Waals surface area contributed by atoms with E-state index in [-0.39, 0.29) is 12.1 Å². The molecule has 15 heavy (non-hydrogen) atoms. The van der Waals surface area contributed by atoms with Gasteiger partial charge in [-0.2, -0.15) is 0 Å². The summed E-state index contributed by atoms with van der Waals surface area (Å²) in [5, 5.41) is 17.0. The Labute approximate surface area is 90.1 Å². The van der Waals surface area contributed by atoms with Crippen LogP contribution in [0.25, 0.3) is 0 Å². The molecule has 0 saturated heterocycles. The average Bonchev–Trinajstić information content (AvgIpc) is 2.65. The largest absolute Gasteiger partial charge is 0.424 e. The third kappa shape index (κ3) is 3.00. The van der Waals surface area contributed by atoms with Gasteiger partial charge in [0.25, 0.3) is 0 Å². The average molecular weight is 213 g/mol. The number of likely N-dealkylation sites (N-methyl/N-ethyl adjacent to an activating group) is 1. The minimum Gasteiger partial charge on any atom is -0.424 e. The molecule has 0 aromatic carbocycles. The highest BCUT2D eigenvalue weighted by Gasteiger charge is 2.23. The molecule has 0 bridgehead atoms.